The maximum absolute atomic E-state index is 12.5. The topological polar surface area (TPSA) is 47.6 Å². The van der Waals surface area contributed by atoms with Gasteiger partial charge in [-0.25, -0.2) is 0 Å². The minimum absolute atomic E-state index is 0.239. The van der Waals surface area contributed by atoms with E-state index in [0.717, 1.165) is 5.56 Å². The maximum atomic E-state index is 12.5. The quantitative estimate of drug-likeness (QED) is 0.729. The molecular formula is C19H20ClNO3. The molecule has 2 aromatic rings. The highest BCUT2D eigenvalue weighted by Gasteiger charge is 2.13. The van der Waals surface area contributed by atoms with Gasteiger partial charge in [-0.15, -0.1) is 0 Å². The second-order valence-corrected chi connectivity index (χ2v) is 5.47. The van der Waals surface area contributed by atoms with Gasteiger partial charge in [0.05, 0.1) is 6.61 Å². The van der Waals surface area contributed by atoms with Crippen LogP contribution in [0.5, 0.6) is 11.5 Å². The van der Waals surface area contributed by atoms with E-state index in [1.807, 2.05) is 19.9 Å². The highest BCUT2D eigenvalue weighted by atomic mass is 35.5. The first-order chi connectivity index (χ1) is 11.6. The van der Waals surface area contributed by atoms with Gasteiger partial charge in [-0.1, -0.05) is 30.3 Å². The molecule has 0 atom stereocenters. The Hall–Kier alpha value is -2.46. The molecule has 0 aromatic heterocycles. The number of benzene rings is 2. The predicted molar refractivity (Wildman–Crippen MR) is 97.4 cm³/mol. The Bertz CT molecular complexity index is 743. The van der Waals surface area contributed by atoms with Crippen molar-refractivity contribution in [2.75, 3.05) is 18.5 Å². The van der Waals surface area contributed by atoms with Gasteiger partial charge in [0.1, 0.15) is 6.61 Å². The number of ether oxygens (including phenoxy) is 2. The number of hydrogen-bond acceptors (Lipinski definition) is 3. The number of rotatable bonds is 7. The standard InChI is InChI=1S/C19H20ClNO3/c1-4-11-24-17-10-9-14(12-18(17)23-5-2)19(22)21-16-8-6-7-15(20)13(16)3/h4,6-10,12H,1,5,11H2,2-3H3,(H,21,22). The Morgan fingerprint density at radius 2 is 2.04 bits per heavy atom. The van der Waals surface area contributed by atoms with Crippen molar-refractivity contribution in [3.63, 3.8) is 0 Å². The summed E-state index contributed by atoms with van der Waals surface area (Å²) in [7, 11) is 0. The molecule has 0 bridgehead atoms. The van der Waals surface area contributed by atoms with Crippen molar-refractivity contribution in [3.8, 4) is 11.5 Å². The van der Waals surface area contributed by atoms with E-state index in [4.69, 9.17) is 21.1 Å². The Morgan fingerprint density at radius 3 is 2.75 bits per heavy atom. The molecule has 0 radical (unpaired) electrons. The zero-order valence-electron chi connectivity index (χ0n) is 13.8. The first-order valence-corrected chi connectivity index (χ1v) is 8.01. The normalized spacial score (nSPS) is 10.1. The van der Waals surface area contributed by atoms with E-state index in [9.17, 15) is 4.79 Å². The van der Waals surface area contributed by atoms with Gasteiger partial charge in [0.15, 0.2) is 11.5 Å². The molecule has 24 heavy (non-hydrogen) atoms. The summed E-state index contributed by atoms with van der Waals surface area (Å²) in [6, 6.07) is 10.5. The van der Waals surface area contributed by atoms with E-state index in [1.165, 1.54) is 0 Å². The summed E-state index contributed by atoms with van der Waals surface area (Å²) in [5.74, 6) is 0.860. The summed E-state index contributed by atoms with van der Waals surface area (Å²) in [6.45, 7) is 8.19. The van der Waals surface area contributed by atoms with Gasteiger partial charge in [-0.05, 0) is 49.7 Å². The molecule has 0 fully saturated rings. The fourth-order valence-corrected chi connectivity index (χ4v) is 2.30. The summed E-state index contributed by atoms with van der Waals surface area (Å²) < 4.78 is 11.1. The summed E-state index contributed by atoms with van der Waals surface area (Å²) in [6.07, 6.45) is 1.65. The molecule has 0 saturated carbocycles. The van der Waals surface area contributed by atoms with Crippen LogP contribution in [0.25, 0.3) is 0 Å². The van der Waals surface area contributed by atoms with E-state index in [-0.39, 0.29) is 5.91 Å². The van der Waals surface area contributed by atoms with Crippen LogP contribution in [0.3, 0.4) is 0 Å². The van der Waals surface area contributed by atoms with Gasteiger partial charge in [0.25, 0.3) is 5.91 Å². The van der Waals surface area contributed by atoms with Crippen LogP contribution in [0.2, 0.25) is 5.02 Å². The van der Waals surface area contributed by atoms with Crippen LogP contribution in [0.15, 0.2) is 49.1 Å². The molecule has 0 aliphatic heterocycles. The van der Waals surface area contributed by atoms with Crippen LogP contribution in [0, 0.1) is 6.92 Å². The van der Waals surface area contributed by atoms with Gasteiger partial charge < -0.3 is 14.8 Å². The van der Waals surface area contributed by atoms with Crippen LogP contribution in [0.4, 0.5) is 5.69 Å². The molecule has 4 nitrogen and oxygen atoms in total. The van der Waals surface area contributed by atoms with Crippen LogP contribution >= 0.6 is 11.6 Å². The van der Waals surface area contributed by atoms with E-state index >= 15 is 0 Å². The fourth-order valence-electron chi connectivity index (χ4n) is 2.12. The average Bonchev–Trinajstić information content (AvgIpc) is 2.58. The molecule has 0 spiro atoms. The largest absolute Gasteiger partial charge is 0.490 e. The second-order valence-electron chi connectivity index (χ2n) is 5.06. The van der Waals surface area contributed by atoms with Gasteiger partial charge >= 0.3 is 0 Å². The molecule has 2 aromatic carbocycles. The van der Waals surface area contributed by atoms with Crippen LogP contribution in [-0.2, 0) is 0 Å². The minimum atomic E-state index is -0.239. The lowest BCUT2D eigenvalue weighted by atomic mass is 10.1. The fraction of sp³-hybridized carbons (Fsp3) is 0.211. The molecular weight excluding hydrogens is 326 g/mol. The molecule has 0 heterocycles. The van der Waals surface area contributed by atoms with Crippen molar-refractivity contribution >= 4 is 23.2 Å². The van der Waals surface area contributed by atoms with Gasteiger partial charge in [-0.3, -0.25) is 4.79 Å². The molecule has 1 N–H and O–H groups in total. The molecule has 0 aliphatic carbocycles. The zero-order valence-corrected chi connectivity index (χ0v) is 14.5. The third-order valence-corrected chi connectivity index (χ3v) is 3.79. The molecule has 0 aliphatic rings. The van der Waals surface area contributed by atoms with Crippen molar-refractivity contribution in [2.24, 2.45) is 0 Å². The van der Waals surface area contributed by atoms with Crippen molar-refractivity contribution in [1.29, 1.82) is 0 Å². The van der Waals surface area contributed by atoms with Crippen LogP contribution < -0.4 is 14.8 Å². The van der Waals surface area contributed by atoms with E-state index in [0.29, 0.717) is 41.0 Å². The summed E-state index contributed by atoms with van der Waals surface area (Å²) >= 11 is 6.08. The highest BCUT2D eigenvalue weighted by Crippen LogP contribution is 2.29. The molecule has 0 unspecified atom stereocenters. The first kappa shape index (κ1) is 17.9. The SMILES string of the molecule is C=CCOc1ccc(C(=O)Nc2cccc(Cl)c2C)cc1OCC. The molecule has 1 amide bonds. The first-order valence-electron chi connectivity index (χ1n) is 7.63. The second kappa shape index (κ2) is 8.41. The van der Waals surface area contributed by atoms with Crippen molar-refractivity contribution in [3.05, 3.63) is 65.2 Å². The predicted octanol–water partition coefficient (Wildman–Crippen LogP) is 4.86. The summed E-state index contributed by atoms with van der Waals surface area (Å²) in [4.78, 5) is 12.5. The van der Waals surface area contributed by atoms with Crippen LogP contribution in [0.1, 0.15) is 22.8 Å². The van der Waals surface area contributed by atoms with Crippen LogP contribution in [-0.4, -0.2) is 19.1 Å². The number of anilines is 1. The number of hydrogen-bond donors (Lipinski definition) is 1. The molecule has 126 valence electrons. The Balaban J connectivity index is 2.24. The third-order valence-electron chi connectivity index (χ3n) is 3.38. The highest BCUT2D eigenvalue weighted by molar-refractivity contribution is 6.31. The Kier molecular flexibility index (Phi) is 6.27. The smallest absolute Gasteiger partial charge is 0.255 e. The number of carbonyl (C=O) groups excluding carboxylic acids is 1. The maximum Gasteiger partial charge on any atom is 0.255 e. The van der Waals surface area contributed by atoms with E-state index in [2.05, 4.69) is 11.9 Å². The monoisotopic (exact) mass is 345 g/mol. The molecule has 2 rings (SSSR count). The summed E-state index contributed by atoms with van der Waals surface area (Å²) in [5.41, 5.74) is 1.98. The van der Waals surface area contributed by atoms with Gasteiger partial charge in [-0.2, -0.15) is 0 Å². The molecule has 0 saturated heterocycles. The number of amides is 1. The average molecular weight is 346 g/mol. The number of halogens is 1. The van der Waals surface area contributed by atoms with Crippen molar-refractivity contribution in [2.45, 2.75) is 13.8 Å². The van der Waals surface area contributed by atoms with E-state index in [1.54, 1.807) is 36.4 Å². The zero-order chi connectivity index (χ0) is 17.5. The minimum Gasteiger partial charge on any atom is -0.490 e. The van der Waals surface area contributed by atoms with Crippen molar-refractivity contribution in [1.82, 2.24) is 0 Å². The Labute approximate surface area is 147 Å². The molecule has 5 heteroatoms. The third kappa shape index (κ3) is 4.30. The van der Waals surface area contributed by atoms with Gasteiger partial charge in [0, 0.05) is 16.3 Å². The lowest BCUT2D eigenvalue weighted by Crippen LogP contribution is -2.13. The van der Waals surface area contributed by atoms with Crippen molar-refractivity contribution < 1.29 is 14.3 Å². The number of carbonyl (C=O) groups is 1. The number of nitrogens with one attached hydrogen (secondary N) is 1. The Morgan fingerprint density at radius 1 is 1.25 bits per heavy atom. The lowest BCUT2D eigenvalue weighted by Gasteiger charge is -2.13. The lowest BCUT2D eigenvalue weighted by molar-refractivity contribution is 0.102. The van der Waals surface area contributed by atoms with E-state index < -0.39 is 0 Å². The summed E-state index contributed by atoms with van der Waals surface area (Å²) in [5, 5.41) is 3.47. The van der Waals surface area contributed by atoms with Gasteiger partial charge in [0.2, 0.25) is 0 Å².